The summed E-state index contributed by atoms with van der Waals surface area (Å²) >= 11 is 0. The zero-order valence-electron chi connectivity index (χ0n) is 18.1. The summed E-state index contributed by atoms with van der Waals surface area (Å²) in [6, 6.07) is 5.84. The normalized spacial score (nSPS) is 36.6. The molecule has 2 fully saturated rings. The van der Waals surface area contributed by atoms with Gasteiger partial charge in [0.15, 0.2) is 22.9 Å². The highest BCUT2D eigenvalue weighted by molar-refractivity contribution is 5.95. The molecule has 30 heavy (non-hydrogen) atoms. The third-order valence-corrected chi connectivity index (χ3v) is 7.24. The lowest BCUT2D eigenvalue weighted by Crippen LogP contribution is -2.63. The Kier molecular flexibility index (Phi) is 5.19. The maximum Gasteiger partial charge on any atom is 0.231 e. The first-order chi connectivity index (χ1) is 14.4. The number of benzene rings is 1. The SMILES string of the molecule is C=CC[C@]12C[C@H](OC)C(=O)[C@](OC)([C@H](c3ccc4c(c3)OCO4)[C@@H]1C)[C@@H]2OC(=C)C. The summed E-state index contributed by atoms with van der Waals surface area (Å²) in [5.41, 5.74) is -0.652. The highest BCUT2D eigenvalue weighted by atomic mass is 16.7. The number of hydrogen-bond acceptors (Lipinski definition) is 6. The van der Waals surface area contributed by atoms with E-state index in [-0.39, 0.29) is 24.4 Å². The lowest BCUT2D eigenvalue weighted by Gasteiger charge is -2.48. The number of rotatable bonds is 7. The molecule has 1 aliphatic heterocycles. The number of Topliss-reactive ketones (excluding diaryl/α,β-unsaturated/α-hetero) is 1. The van der Waals surface area contributed by atoms with Crippen molar-refractivity contribution < 1.29 is 28.5 Å². The standard InChI is InChI=1S/C24H30O6/c1-7-10-23-12-19(26-5)21(25)24(27-6,22(23)30-14(2)3)20(15(23)4)16-8-9-17-18(11-16)29-13-28-17/h7-9,11,15,19-20,22H,1-2,10,12-13H2,3-6H3/t15-,19-,20-,22+,23-,24+/m0/s1. The molecule has 6 atom stereocenters. The minimum atomic E-state index is -1.21. The molecule has 4 rings (SSSR count). The van der Waals surface area contributed by atoms with Crippen LogP contribution in [0.2, 0.25) is 0 Å². The highest BCUT2D eigenvalue weighted by Crippen LogP contribution is 2.66. The lowest BCUT2D eigenvalue weighted by atomic mass is 9.65. The molecule has 0 radical (unpaired) electrons. The summed E-state index contributed by atoms with van der Waals surface area (Å²) in [6.07, 6.45) is 2.03. The van der Waals surface area contributed by atoms with Gasteiger partial charge in [-0.3, -0.25) is 4.79 Å². The van der Waals surface area contributed by atoms with Gasteiger partial charge in [-0.2, -0.15) is 0 Å². The molecule has 0 spiro atoms. The zero-order valence-corrected chi connectivity index (χ0v) is 18.1. The van der Waals surface area contributed by atoms with Gasteiger partial charge in [-0.15, -0.1) is 6.58 Å². The maximum absolute atomic E-state index is 13.8. The molecule has 0 unspecified atom stereocenters. The van der Waals surface area contributed by atoms with Gasteiger partial charge in [-0.25, -0.2) is 0 Å². The number of ketones is 1. The number of fused-ring (bicyclic) bond motifs is 3. The van der Waals surface area contributed by atoms with Crippen molar-refractivity contribution in [1.82, 2.24) is 0 Å². The fourth-order valence-corrected chi connectivity index (χ4v) is 6.02. The van der Waals surface area contributed by atoms with Crippen LogP contribution in [-0.2, 0) is 19.0 Å². The Hall–Kier alpha value is -2.31. The van der Waals surface area contributed by atoms with Crippen molar-refractivity contribution in [2.45, 2.75) is 50.4 Å². The Balaban J connectivity index is 1.94. The van der Waals surface area contributed by atoms with E-state index < -0.39 is 23.2 Å². The predicted octanol–water partition coefficient (Wildman–Crippen LogP) is 4.00. The Labute approximate surface area is 177 Å². The Morgan fingerprint density at radius 2 is 2.03 bits per heavy atom. The number of carbonyl (C=O) groups excluding carboxylic acids is 1. The van der Waals surface area contributed by atoms with Crippen LogP contribution in [-0.4, -0.2) is 44.6 Å². The third kappa shape index (κ3) is 2.66. The minimum absolute atomic E-state index is 0.0456. The third-order valence-electron chi connectivity index (χ3n) is 7.24. The van der Waals surface area contributed by atoms with Gasteiger partial charge in [-0.1, -0.05) is 25.6 Å². The van der Waals surface area contributed by atoms with Gasteiger partial charge in [-0.05, 0) is 43.4 Å². The summed E-state index contributed by atoms with van der Waals surface area (Å²) in [5.74, 6) is 1.63. The van der Waals surface area contributed by atoms with Crippen LogP contribution in [0.25, 0.3) is 0 Å². The second kappa shape index (κ2) is 7.43. The van der Waals surface area contributed by atoms with E-state index in [0.717, 1.165) is 5.56 Å². The van der Waals surface area contributed by atoms with Crippen molar-refractivity contribution in [3.63, 3.8) is 0 Å². The molecule has 2 saturated carbocycles. The monoisotopic (exact) mass is 414 g/mol. The van der Waals surface area contributed by atoms with Gasteiger partial charge in [0.25, 0.3) is 0 Å². The Morgan fingerprint density at radius 1 is 1.30 bits per heavy atom. The van der Waals surface area contributed by atoms with Crippen LogP contribution in [0.15, 0.2) is 43.2 Å². The topological polar surface area (TPSA) is 63.2 Å². The quantitative estimate of drug-likeness (QED) is 0.496. The summed E-state index contributed by atoms with van der Waals surface area (Å²) < 4.78 is 29.2. The minimum Gasteiger partial charge on any atom is -0.492 e. The molecular formula is C24H30O6. The van der Waals surface area contributed by atoms with Crippen LogP contribution >= 0.6 is 0 Å². The summed E-state index contributed by atoms with van der Waals surface area (Å²) in [4.78, 5) is 13.8. The molecule has 162 valence electrons. The molecule has 6 heteroatoms. The Morgan fingerprint density at radius 3 is 2.67 bits per heavy atom. The first-order valence-electron chi connectivity index (χ1n) is 10.3. The van der Waals surface area contributed by atoms with Crippen LogP contribution < -0.4 is 9.47 Å². The van der Waals surface area contributed by atoms with Gasteiger partial charge >= 0.3 is 0 Å². The molecule has 0 saturated heterocycles. The average Bonchev–Trinajstić information content (AvgIpc) is 3.24. The van der Waals surface area contributed by atoms with E-state index in [1.54, 1.807) is 21.1 Å². The van der Waals surface area contributed by atoms with Crippen molar-refractivity contribution in [3.8, 4) is 11.5 Å². The summed E-state index contributed by atoms with van der Waals surface area (Å²) in [7, 11) is 3.16. The molecule has 1 aromatic carbocycles. The molecule has 1 aromatic rings. The molecule has 0 aromatic heterocycles. The molecule has 3 aliphatic rings. The zero-order chi connectivity index (χ0) is 21.7. The molecular weight excluding hydrogens is 384 g/mol. The van der Waals surface area contributed by atoms with Crippen LogP contribution in [0.4, 0.5) is 0 Å². The Bertz CT molecular complexity index is 878. The predicted molar refractivity (Wildman–Crippen MR) is 112 cm³/mol. The first kappa shape index (κ1) is 20.9. The smallest absolute Gasteiger partial charge is 0.231 e. The van der Waals surface area contributed by atoms with Gasteiger partial charge < -0.3 is 23.7 Å². The van der Waals surface area contributed by atoms with Crippen LogP contribution in [0, 0.1) is 11.3 Å². The fourth-order valence-electron chi connectivity index (χ4n) is 6.02. The van der Waals surface area contributed by atoms with E-state index in [0.29, 0.717) is 30.1 Å². The largest absolute Gasteiger partial charge is 0.492 e. The molecule has 1 heterocycles. The van der Waals surface area contributed by atoms with E-state index in [1.165, 1.54) is 0 Å². The maximum atomic E-state index is 13.8. The van der Waals surface area contributed by atoms with E-state index in [1.807, 2.05) is 24.3 Å². The number of ether oxygens (including phenoxy) is 5. The van der Waals surface area contributed by atoms with Crippen LogP contribution in [0.3, 0.4) is 0 Å². The average molecular weight is 414 g/mol. The van der Waals surface area contributed by atoms with Crippen molar-refractivity contribution in [1.29, 1.82) is 0 Å². The number of allylic oxidation sites excluding steroid dienone is 2. The summed E-state index contributed by atoms with van der Waals surface area (Å²) in [5, 5.41) is 0. The van der Waals surface area contributed by atoms with E-state index in [2.05, 4.69) is 20.1 Å². The first-order valence-corrected chi connectivity index (χ1v) is 10.3. The summed E-state index contributed by atoms with van der Waals surface area (Å²) in [6.45, 7) is 12.1. The number of carbonyl (C=O) groups is 1. The van der Waals surface area contributed by atoms with E-state index in [9.17, 15) is 4.79 Å². The lowest BCUT2D eigenvalue weighted by molar-refractivity contribution is -0.190. The van der Waals surface area contributed by atoms with E-state index in [4.69, 9.17) is 23.7 Å². The molecule has 0 N–H and O–H groups in total. The van der Waals surface area contributed by atoms with Crippen molar-refractivity contribution in [2.24, 2.45) is 11.3 Å². The van der Waals surface area contributed by atoms with Gasteiger partial charge in [0.2, 0.25) is 6.79 Å². The molecule has 0 amide bonds. The van der Waals surface area contributed by atoms with Gasteiger partial charge in [0.1, 0.15) is 12.2 Å². The fraction of sp³-hybridized carbons (Fsp3) is 0.542. The highest BCUT2D eigenvalue weighted by Gasteiger charge is 2.75. The van der Waals surface area contributed by atoms with E-state index >= 15 is 0 Å². The van der Waals surface area contributed by atoms with Crippen LogP contribution in [0.5, 0.6) is 11.5 Å². The van der Waals surface area contributed by atoms with Crippen LogP contribution in [0.1, 0.15) is 38.2 Å². The van der Waals surface area contributed by atoms with Crippen molar-refractivity contribution >= 4 is 5.78 Å². The molecule has 2 aliphatic carbocycles. The second-order valence-corrected chi connectivity index (χ2v) is 8.59. The number of methoxy groups -OCH3 is 2. The van der Waals surface area contributed by atoms with Gasteiger partial charge in [0, 0.05) is 25.6 Å². The van der Waals surface area contributed by atoms with Crippen molar-refractivity contribution in [3.05, 3.63) is 48.8 Å². The molecule has 6 nitrogen and oxygen atoms in total. The second-order valence-electron chi connectivity index (χ2n) is 8.59. The number of hydrogen-bond donors (Lipinski definition) is 0. The van der Waals surface area contributed by atoms with Gasteiger partial charge in [0.05, 0.1) is 5.76 Å². The molecule has 2 bridgehead atoms. The van der Waals surface area contributed by atoms with Crippen molar-refractivity contribution in [2.75, 3.05) is 21.0 Å².